The summed E-state index contributed by atoms with van der Waals surface area (Å²) in [5, 5.41) is 54.3. The Kier molecular flexibility index (Phi) is 16.2. The first kappa shape index (κ1) is 43.2. The Morgan fingerprint density at radius 2 is 1.66 bits per heavy atom. The van der Waals surface area contributed by atoms with Crippen molar-refractivity contribution in [3.63, 3.8) is 0 Å². The number of benzene rings is 2. The molecule has 0 saturated heterocycles. The molecular weight excluding hydrogens is 730 g/mol. The van der Waals surface area contributed by atoms with Crippen molar-refractivity contribution < 1.29 is 59.0 Å². The number of nitrogens with zero attached hydrogens (tertiary/aromatic N) is 3. The molecule has 0 unspecified atom stereocenters. The Bertz CT molecular complexity index is 1790. The molecule has 17 heteroatoms. The zero-order valence-electron chi connectivity index (χ0n) is 31.4. The third kappa shape index (κ3) is 13.1. The van der Waals surface area contributed by atoms with E-state index in [-0.39, 0.29) is 24.2 Å². The molecule has 1 fully saturated rings. The lowest BCUT2D eigenvalue weighted by atomic mass is 9.94. The normalized spacial score (nSPS) is 14.1. The first-order valence-corrected chi connectivity index (χ1v) is 18.6. The molecule has 56 heavy (non-hydrogen) atoms. The topological polar surface area (TPSA) is 250 Å². The van der Waals surface area contributed by atoms with Crippen molar-refractivity contribution in [2.75, 3.05) is 44.8 Å². The molecule has 0 bridgehead atoms. The van der Waals surface area contributed by atoms with E-state index < -0.39 is 36.4 Å². The van der Waals surface area contributed by atoms with Crippen LogP contribution >= 0.6 is 0 Å². The minimum atomic E-state index is -2.74. The number of aromatic hydroxyl groups is 1. The van der Waals surface area contributed by atoms with Crippen molar-refractivity contribution >= 4 is 35.4 Å². The number of carbonyl (C=O) groups excluding carboxylic acids is 2. The number of phenolic OH excluding ortho intramolecular Hbond substituents is 1. The van der Waals surface area contributed by atoms with Crippen LogP contribution in [0.15, 0.2) is 48.8 Å². The Morgan fingerprint density at radius 1 is 0.964 bits per heavy atom. The van der Waals surface area contributed by atoms with Gasteiger partial charge in [-0.25, -0.2) is 4.79 Å². The second-order valence-corrected chi connectivity index (χ2v) is 13.9. The van der Waals surface area contributed by atoms with Crippen LogP contribution in [0.2, 0.25) is 0 Å². The average molecular weight is 782 g/mol. The minimum Gasteiger partial charge on any atom is -0.506 e. The molecule has 1 saturated carbocycles. The van der Waals surface area contributed by atoms with E-state index in [0.717, 1.165) is 36.0 Å². The number of fused-ring (bicyclic) bond motifs is 1. The second kappa shape index (κ2) is 21.0. The molecule has 17 nitrogen and oxygen atoms in total. The van der Waals surface area contributed by atoms with Crippen molar-refractivity contribution in [3.05, 3.63) is 59.9 Å². The number of carbonyl (C=O) groups is 5. The maximum atomic E-state index is 13.3. The summed E-state index contributed by atoms with van der Waals surface area (Å²) in [4.78, 5) is 57.5. The quantitative estimate of drug-likeness (QED) is 0.0683. The summed E-state index contributed by atoms with van der Waals surface area (Å²) in [6, 6.07) is 12.2. The van der Waals surface area contributed by atoms with Crippen molar-refractivity contribution in [2.24, 2.45) is 7.05 Å². The zero-order chi connectivity index (χ0) is 40.7. The Morgan fingerprint density at radius 3 is 2.29 bits per heavy atom. The highest BCUT2D eigenvalue weighted by Crippen LogP contribution is 2.39. The maximum Gasteiger partial charge on any atom is 0.336 e. The lowest BCUT2D eigenvalue weighted by Gasteiger charge is -2.34. The van der Waals surface area contributed by atoms with Gasteiger partial charge in [-0.1, -0.05) is 49.6 Å². The van der Waals surface area contributed by atoms with E-state index in [2.05, 4.69) is 44.9 Å². The minimum absolute atomic E-state index is 0.000764. The van der Waals surface area contributed by atoms with Crippen LogP contribution in [0, 0.1) is 0 Å². The van der Waals surface area contributed by atoms with Gasteiger partial charge in [0, 0.05) is 37.9 Å². The van der Waals surface area contributed by atoms with Gasteiger partial charge in [-0.05, 0) is 55.0 Å². The SMILES string of the molecule is Cn1cc(-c2ccc(CCOCCC(=O)N(CCNCCc3ccc(O)c4c3OCC(=O)N4)C3CCCCC3)cc2)cn1.O=C(O)CC(O)(CC(=O)O)C(=O)O. The second-order valence-electron chi connectivity index (χ2n) is 13.9. The van der Waals surface area contributed by atoms with Crippen LogP contribution in [0.1, 0.15) is 62.5 Å². The number of carboxylic acid groups (broad SMARTS) is 3. The highest BCUT2D eigenvalue weighted by Gasteiger charge is 2.40. The highest BCUT2D eigenvalue weighted by molar-refractivity contribution is 5.97. The van der Waals surface area contributed by atoms with Crippen LogP contribution in [0.25, 0.3) is 11.1 Å². The van der Waals surface area contributed by atoms with E-state index in [4.69, 9.17) is 29.9 Å². The van der Waals surface area contributed by atoms with Gasteiger partial charge in [-0.3, -0.25) is 23.9 Å². The third-order valence-corrected chi connectivity index (χ3v) is 9.54. The molecule has 2 amide bonds. The maximum absolute atomic E-state index is 13.3. The summed E-state index contributed by atoms with van der Waals surface area (Å²) >= 11 is 0. The molecule has 0 spiro atoms. The van der Waals surface area contributed by atoms with Gasteiger partial charge < -0.3 is 50.5 Å². The first-order chi connectivity index (χ1) is 26.8. The molecule has 2 aromatic carbocycles. The van der Waals surface area contributed by atoms with E-state index in [1.165, 1.54) is 24.8 Å². The molecule has 1 aliphatic carbocycles. The number of phenols is 1. The fourth-order valence-corrected chi connectivity index (χ4v) is 6.61. The van der Waals surface area contributed by atoms with Gasteiger partial charge in [-0.15, -0.1) is 0 Å². The summed E-state index contributed by atoms with van der Waals surface area (Å²) in [5.41, 5.74) is 1.97. The number of ether oxygens (including phenoxy) is 2. The van der Waals surface area contributed by atoms with Gasteiger partial charge in [-0.2, -0.15) is 5.10 Å². The summed E-state index contributed by atoms with van der Waals surface area (Å²) in [5.74, 6) is -4.60. The van der Waals surface area contributed by atoms with Crippen molar-refractivity contribution in [2.45, 2.75) is 75.9 Å². The number of aryl methyl sites for hydroxylation is 1. The predicted octanol–water partition coefficient (Wildman–Crippen LogP) is 2.82. The summed E-state index contributed by atoms with van der Waals surface area (Å²) in [7, 11) is 1.91. The summed E-state index contributed by atoms with van der Waals surface area (Å²) in [6.07, 6.45) is 9.14. The number of hydrogen-bond donors (Lipinski definition) is 7. The molecular formula is C39H51N5O12. The lowest BCUT2D eigenvalue weighted by Crippen LogP contribution is -2.45. The average Bonchev–Trinajstić information content (AvgIpc) is 3.60. The number of rotatable bonds is 19. The number of aliphatic carboxylic acids is 3. The number of nitrogens with one attached hydrogen (secondary N) is 2. The van der Waals surface area contributed by atoms with Crippen LogP contribution in [-0.2, 0) is 48.6 Å². The van der Waals surface area contributed by atoms with Crippen LogP contribution in [0.5, 0.6) is 11.5 Å². The van der Waals surface area contributed by atoms with Crippen LogP contribution in [-0.4, -0.2) is 121 Å². The number of hydrogen-bond acceptors (Lipinski definition) is 11. The number of anilines is 1. The van der Waals surface area contributed by atoms with E-state index in [9.17, 15) is 29.1 Å². The van der Waals surface area contributed by atoms with Crippen molar-refractivity contribution in [1.29, 1.82) is 0 Å². The van der Waals surface area contributed by atoms with Gasteiger partial charge in [0.25, 0.3) is 5.91 Å². The molecule has 0 atom stereocenters. The molecule has 1 aromatic heterocycles. The van der Waals surface area contributed by atoms with Gasteiger partial charge in [0.1, 0.15) is 11.4 Å². The molecule has 0 radical (unpaired) electrons. The van der Waals surface area contributed by atoms with E-state index in [0.29, 0.717) is 63.2 Å². The van der Waals surface area contributed by atoms with Crippen LogP contribution in [0.4, 0.5) is 5.69 Å². The fraction of sp³-hybridized carbons (Fsp3) is 0.487. The van der Waals surface area contributed by atoms with Gasteiger partial charge in [0.05, 0.1) is 38.7 Å². The van der Waals surface area contributed by atoms with Crippen molar-refractivity contribution in [3.8, 4) is 22.6 Å². The Hall–Kier alpha value is -5.52. The zero-order valence-corrected chi connectivity index (χ0v) is 31.4. The number of aliphatic hydroxyl groups is 1. The molecule has 7 N–H and O–H groups in total. The van der Waals surface area contributed by atoms with Gasteiger partial charge in [0.2, 0.25) is 5.91 Å². The molecule has 3 aromatic rings. The fourth-order valence-electron chi connectivity index (χ4n) is 6.61. The lowest BCUT2D eigenvalue weighted by molar-refractivity contribution is -0.170. The molecule has 304 valence electrons. The Labute approximate surface area is 324 Å². The van der Waals surface area contributed by atoms with Gasteiger partial charge >= 0.3 is 17.9 Å². The van der Waals surface area contributed by atoms with Gasteiger partial charge in [0.15, 0.2) is 18.0 Å². The first-order valence-electron chi connectivity index (χ1n) is 18.6. The number of carboxylic acids is 3. The number of aromatic nitrogens is 2. The summed E-state index contributed by atoms with van der Waals surface area (Å²) in [6.45, 7) is 2.99. The van der Waals surface area contributed by atoms with E-state index >= 15 is 0 Å². The van der Waals surface area contributed by atoms with Crippen LogP contribution < -0.4 is 15.4 Å². The van der Waals surface area contributed by atoms with Crippen molar-refractivity contribution in [1.82, 2.24) is 20.0 Å². The largest absolute Gasteiger partial charge is 0.506 e. The molecule has 5 rings (SSSR count). The standard InChI is InChI=1S/C33H43N5O5.C6H8O7/c1-37-22-27(21-35-37)25-9-7-24(8-10-25)14-19-42-20-15-31(41)38(28-5-3-2-4-6-28)18-17-34-16-13-26-11-12-29(39)32-33(26)43-23-30(40)36-32;7-3(8)1-6(13,5(11)12)2-4(9)10/h7-12,21-22,28,34,39H,2-6,13-20,23H2,1H3,(H,36,40);13H,1-2H2,(H,7,8)(H,9,10)(H,11,12). The monoisotopic (exact) mass is 781 g/mol. The number of amides is 2. The Balaban J connectivity index is 0.000000460. The third-order valence-electron chi connectivity index (χ3n) is 9.54. The summed E-state index contributed by atoms with van der Waals surface area (Å²) < 4.78 is 13.3. The van der Waals surface area contributed by atoms with E-state index in [1.54, 1.807) is 10.7 Å². The smallest absolute Gasteiger partial charge is 0.336 e. The molecule has 2 heterocycles. The highest BCUT2D eigenvalue weighted by atomic mass is 16.5. The van der Waals surface area contributed by atoms with Crippen LogP contribution in [0.3, 0.4) is 0 Å². The molecule has 1 aliphatic heterocycles. The molecule has 2 aliphatic rings. The van der Waals surface area contributed by atoms with E-state index in [1.807, 2.05) is 25.5 Å². The predicted molar refractivity (Wildman–Crippen MR) is 202 cm³/mol.